The first-order valence-electron chi connectivity index (χ1n) is 10.1. The molecule has 0 aliphatic heterocycles. The van der Waals surface area contributed by atoms with Gasteiger partial charge in [0.05, 0.1) is 10.5 Å². The molecule has 3 rings (SSSR count). The molecular formula is C24H23BrClF2NO4. The van der Waals surface area contributed by atoms with Crippen LogP contribution in [0.1, 0.15) is 37.5 Å². The molecule has 3 aromatic rings. The molecule has 1 atom stereocenters. The van der Waals surface area contributed by atoms with Gasteiger partial charge < -0.3 is 9.47 Å². The molecule has 0 N–H and O–H groups in total. The zero-order chi connectivity index (χ0) is 24.3. The Kier molecular flexibility index (Phi) is 7.92. The summed E-state index contributed by atoms with van der Waals surface area (Å²) >= 11 is 9.75. The molecular weight excluding hydrogens is 520 g/mol. The Hall–Kier alpha value is -2.29. The van der Waals surface area contributed by atoms with Crippen molar-refractivity contribution in [2.45, 2.75) is 52.6 Å². The molecule has 0 radical (unpaired) electrons. The lowest BCUT2D eigenvalue weighted by Crippen LogP contribution is -2.38. The zero-order valence-corrected chi connectivity index (χ0v) is 20.8. The van der Waals surface area contributed by atoms with E-state index < -0.39 is 24.5 Å². The van der Waals surface area contributed by atoms with Gasteiger partial charge in [-0.1, -0.05) is 39.7 Å². The molecule has 0 spiro atoms. The molecule has 176 valence electrons. The van der Waals surface area contributed by atoms with Gasteiger partial charge in [-0.3, -0.25) is 9.72 Å². The number of ether oxygens (including phenoxy) is 3. The van der Waals surface area contributed by atoms with E-state index in [-0.39, 0.29) is 5.75 Å². The van der Waals surface area contributed by atoms with Gasteiger partial charge in [-0.25, -0.2) is 4.79 Å². The van der Waals surface area contributed by atoms with Crippen LogP contribution in [0.25, 0.3) is 10.9 Å². The molecule has 0 aliphatic rings. The number of carbonyl (C=O) groups is 1. The Morgan fingerprint density at radius 1 is 1.15 bits per heavy atom. The van der Waals surface area contributed by atoms with Crippen LogP contribution >= 0.6 is 27.5 Å². The van der Waals surface area contributed by atoms with Crippen molar-refractivity contribution in [3.8, 4) is 5.75 Å². The number of benzene rings is 2. The Labute approximate surface area is 204 Å². The Morgan fingerprint density at radius 2 is 1.82 bits per heavy atom. The maximum absolute atomic E-state index is 13.0. The first-order valence-corrected chi connectivity index (χ1v) is 11.3. The van der Waals surface area contributed by atoms with Gasteiger partial charge in [-0.2, -0.15) is 8.78 Å². The maximum atomic E-state index is 13.0. The smallest absolute Gasteiger partial charge is 0.377 e. The zero-order valence-electron chi connectivity index (χ0n) is 18.5. The number of aromatic nitrogens is 1. The van der Waals surface area contributed by atoms with E-state index >= 15 is 0 Å². The van der Waals surface area contributed by atoms with Gasteiger partial charge in [0.25, 0.3) is 0 Å². The fourth-order valence-electron chi connectivity index (χ4n) is 3.22. The SMILES string of the molecule is Cc1c(Cc2ccc(Br)cc2)cnc2c(Cl)ccc(OC(OC(F)F)C(=O)OC(C)(C)C)c12. The second-order valence-corrected chi connectivity index (χ2v) is 9.68. The standard InChI is InChI=1S/C24H23BrClF2NO4/c1-13-15(11-14-5-7-16(25)8-6-14)12-29-20-17(26)9-10-18(19(13)20)31-22(32-23(27)28)21(30)33-24(2,3)4/h5-10,12,22-23H,11H2,1-4H3. The van der Waals surface area contributed by atoms with Gasteiger partial charge in [0.1, 0.15) is 11.4 Å². The topological polar surface area (TPSA) is 57.7 Å². The van der Waals surface area contributed by atoms with Gasteiger partial charge in [0, 0.05) is 16.1 Å². The van der Waals surface area contributed by atoms with Crippen LogP contribution in [0.4, 0.5) is 8.78 Å². The van der Waals surface area contributed by atoms with Crippen molar-refractivity contribution in [1.29, 1.82) is 0 Å². The third-order valence-electron chi connectivity index (χ3n) is 4.66. The van der Waals surface area contributed by atoms with Crippen molar-refractivity contribution in [1.82, 2.24) is 4.98 Å². The summed E-state index contributed by atoms with van der Waals surface area (Å²) in [7, 11) is 0. The number of esters is 1. The highest BCUT2D eigenvalue weighted by atomic mass is 79.9. The molecule has 5 nitrogen and oxygen atoms in total. The molecule has 1 heterocycles. The molecule has 0 saturated carbocycles. The van der Waals surface area contributed by atoms with E-state index in [0.29, 0.717) is 22.3 Å². The van der Waals surface area contributed by atoms with E-state index in [4.69, 9.17) is 21.1 Å². The molecule has 0 amide bonds. The predicted molar refractivity (Wildman–Crippen MR) is 126 cm³/mol. The number of nitrogens with zero attached hydrogens (tertiary/aromatic N) is 1. The minimum Gasteiger partial charge on any atom is -0.455 e. The number of pyridine rings is 1. The summed E-state index contributed by atoms with van der Waals surface area (Å²) in [6, 6.07) is 10.9. The molecule has 1 unspecified atom stereocenters. The number of hydrogen-bond donors (Lipinski definition) is 0. The maximum Gasteiger partial charge on any atom is 0.377 e. The van der Waals surface area contributed by atoms with Crippen LogP contribution in [0.2, 0.25) is 5.02 Å². The van der Waals surface area contributed by atoms with Crippen LogP contribution in [0.3, 0.4) is 0 Å². The number of aryl methyl sites for hydroxylation is 1. The molecule has 33 heavy (non-hydrogen) atoms. The van der Waals surface area contributed by atoms with Crippen LogP contribution in [0.5, 0.6) is 5.75 Å². The van der Waals surface area contributed by atoms with Crippen molar-refractivity contribution in [3.63, 3.8) is 0 Å². The number of rotatable bonds is 7. The van der Waals surface area contributed by atoms with E-state index in [1.807, 2.05) is 31.2 Å². The van der Waals surface area contributed by atoms with Crippen LogP contribution in [-0.4, -0.2) is 29.5 Å². The average Bonchev–Trinajstić information content (AvgIpc) is 2.71. The third kappa shape index (κ3) is 6.62. The van der Waals surface area contributed by atoms with Gasteiger partial charge >= 0.3 is 18.9 Å². The predicted octanol–water partition coefficient (Wildman–Crippen LogP) is 6.84. The fraction of sp³-hybridized carbons (Fsp3) is 0.333. The molecule has 0 fully saturated rings. The van der Waals surface area contributed by atoms with Crippen LogP contribution in [0.15, 0.2) is 47.1 Å². The van der Waals surface area contributed by atoms with E-state index in [2.05, 4.69) is 25.7 Å². The lowest BCUT2D eigenvalue weighted by molar-refractivity contribution is -0.235. The molecule has 2 aromatic carbocycles. The first kappa shape index (κ1) is 25.3. The quantitative estimate of drug-likeness (QED) is 0.242. The normalized spacial score (nSPS) is 12.8. The van der Waals surface area contributed by atoms with Gasteiger partial charge in [0.15, 0.2) is 0 Å². The Bertz CT molecular complexity index is 1150. The average molecular weight is 543 g/mol. The molecule has 1 aromatic heterocycles. The lowest BCUT2D eigenvalue weighted by Gasteiger charge is -2.25. The highest BCUT2D eigenvalue weighted by molar-refractivity contribution is 9.10. The number of alkyl halides is 2. The summed E-state index contributed by atoms with van der Waals surface area (Å²) in [5.74, 6) is -0.934. The van der Waals surface area contributed by atoms with Gasteiger partial charge in [0.2, 0.25) is 0 Å². The van der Waals surface area contributed by atoms with Crippen molar-refractivity contribution in [2.75, 3.05) is 0 Å². The van der Waals surface area contributed by atoms with Gasteiger partial charge in [-0.05, 0) is 75.1 Å². The molecule has 0 aliphatic carbocycles. The summed E-state index contributed by atoms with van der Waals surface area (Å²) in [4.78, 5) is 16.9. The van der Waals surface area contributed by atoms with Crippen LogP contribution in [-0.2, 0) is 20.7 Å². The Balaban J connectivity index is 2.02. The summed E-state index contributed by atoms with van der Waals surface area (Å²) in [6.07, 6.45) is 0.330. The van der Waals surface area contributed by atoms with Crippen LogP contribution in [0, 0.1) is 6.92 Å². The monoisotopic (exact) mass is 541 g/mol. The van der Waals surface area contributed by atoms with Crippen molar-refractivity contribution in [3.05, 3.63) is 68.8 Å². The first-order chi connectivity index (χ1) is 15.4. The summed E-state index contributed by atoms with van der Waals surface area (Å²) in [5, 5.41) is 0.864. The van der Waals surface area contributed by atoms with E-state index in [1.54, 1.807) is 27.0 Å². The third-order valence-corrected chi connectivity index (χ3v) is 5.50. The number of hydrogen-bond acceptors (Lipinski definition) is 5. The minimum atomic E-state index is -3.24. The molecule has 0 saturated heterocycles. The summed E-state index contributed by atoms with van der Waals surface area (Å²) in [6.45, 7) is 3.46. The fourth-order valence-corrected chi connectivity index (χ4v) is 3.69. The largest absolute Gasteiger partial charge is 0.455 e. The van der Waals surface area contributed by atoms with Crippen molar-refractivity contribution in [2.24, 2.45) is 0 Å². The van der Waals surface area contributed by atoms with Crippen molar-refractivity contribution >= 4 is 44.4 Å². The Morgan fingerprint density at radius 3 is 2.42 bits per heavy atom. The second kappa shape index (κ2) is 10.3. The van der Waals surface area contributed by atoms with Gasteiger partial charge in [-0.15, -0.1) is 0 Å². The van der Waals surface area contributed by atoms with E-state index in [1.165, 1.54) is 12.1 Å². The second-order valence-electron chi connectivity index (χ2n) is 8.36. The highest BCUT2D eigenvalue weighted by Crippen LogP contribution is 2.35. The lowest BCUT2D eigenvalue weighted by atomic mass is 9.98. The number of halogens is 4. The number of fused-ring (bicyclic) bond motifs is 1. The molecule has 9 heteroatoms. The summed E-state index contributed by atoms with van der Waals surface area (Å²) in [5.41, 5.74) is 2.24. The summed E-state index contributed by atoms with van der Waals surface area (Å²) < 4.78 is 42.3. The van der Waals surface area contributed by atoms with Crippen LogP contribution < -0.4 is 4.74 Å². The minimum absolute atomic E-state index is 0.133. The molecule has 0 bridgehead atoms. The van der Waals surface area contributed by atoms with E-state index in [0.717, 1.165) is 21.2 Å². The number of carbonyl (C=O) groups excluding carboxylic acids is 1. The van der Waals surface area contributed by atoms with E-state index in [9.17, 15) is 13.6 Å². The van der Waals surface area contributed by atoms with Crippen molar-refractivity contribution < 1.29 is 27.8 Å². The highest BCUT2D eigenvalue weighted by Gasteiger charge is 2.31.